The van der Waals surface area contributed by atoms with E-state index in [1.807, 2.05) is 37.3 Å². The Balaban J connectivity index is 1.46. The first-order valence-electron chi connectivity index (χ1n) is 9.75. The van der Waals surface area contributed by atoms with Crippen LogP contribution in [0.25, 0.3) is 0 Å². The highest BCUT2D eigenvalue weighted by molar-refractivity contribution is 6.35. The molecule has 2 aromatic carbocycles. The van der Waals surface area contributed by atoms with Gasteiger partial charge in [0.05, 0.1) is 6.04 Å². The molecule has 1 fully saturated rings. The summed E-state index contributed by atoms with van der Waals surface area (Å²) in [6.07, 6.45) is 1.47. The largest absolute Gasteiger partial charge is 0.352 e. The molecule has 29 heavy (non-hydrogen) atoms. The molecular weight excluding hydrogens is 409 g/mol. The fourth-order valence-corrected chi connectivity index (χ4v) is 4.04. The summed E-state index contributed by atoms with van der Waals surface area (Å²) in [6, 6.07) is 14.5. The van der Waals surface area contributed by atoms with E-state index in [1.54, 1.807) is 18.2 Å². The van der Waals surface area contributed by atoms with Crippen LogP contribution in [-0.2, 0) is 16.1 Å². The lowest BCUT2D eigenvalue weighted by Crippen LogP contribution is -2.48. The number of nitrogens with one attached hydrogen (secondary N) is 2. The number of carbonyl (C=O) groups excluding carboxylic acids is 2. The Kier molecular flexibility index (Phi) is 7.53. The molecule has 154 valence electrons. The number of rotatable bonds is 6. The van der Waals surface area contributed by atoms with Gasteiger partial charge in [0.2, 0.25) is 11.8 Å². The molecule has 0 saturated carbocycles. The second-order valence-electron chi connectivity index (χ2n) is 7.34. The lowest BCUT2D eigenvalue weighted by Gasteiger charge is -2.34. The van der Waals surface area contributed by atoms with E-state index in [4.69, 9.17) is 23.2 Å². The first-order chi connectivity index (χ1) is 13.9. The summed E-state index contributed by atoms with van der Waals surface area (Å²) in [7, 11) is 0. The van der Waals surface area contributed by atoms with E-state index in [-0.39, 0.29) is 23.8 Å². The monoisotopic (exact) mass is 433 g/mol. The summed E-state index contributed by atoms with van der Waals surface area (Å²) >= 11 is 12.0. The summed E-state index contributed by atoms with van der Waals surface area (Å²) in [5, 5.41) is 6.83. The van der Waals surface area contributed by atoms with Crippen molar-refractivity contribution in [1.29, 1.82) is 0 Å². The summed E-state index contributed by atoms with van der Waals surface area (Å²) in [5.74, 6) is -0.0496. The SMILES string of the molecule is CC(C(=O)Nc1cc(Cl)cc(Cl)c1)N1CCC(C(=O)NCc2ccccc2)CC1. The summed E-state index contributed by atoms with van der Waals surface area (Å²) < 4.78 is 0. The molecule has 2 amide bonds. The summed E-state index contributed by atoms with van der Waals surface area (Å²) in [6.45, 7) is 3.82. The van der Waals surface area contributed by atoms with Crippen LogP contribution < -0.4 is 10.6 Å². The van der Waals surface area contributed by atoms with Gasteiger partial charge in [0, 0.05) is 28.2 Å². The van der Waals surface area contributed by atoms with Gasteiger partial charge in [0.15, 0.2) is 0 Å². The van der Waals surface area contributed by atoms with Crippen LogP contribution in [0.15, 0.2) is 48.5 Å². The second kappa shape index (κ2) is 10.1. The Hall–Kier alpha value is -2.08. The molecular formula is C22H25Cl2N3O2. The standard InChI is InChI=1S/C22H25Cl2N3O2/c1-15(21(28)26-20-12-18(23)11-19(24)13-20)27-9-7-17(8-10-27)22(29)25-14-16-5-3-2-4-6-16/h2-6,11-13,15,17H,7-10,14H2,1H3,(H,25,29)(H,26,28). The third-order valence-corrected chi connectivity index (χ3v) is 5.70. The molecule has 1 saturated heterocycles. The Morgan fingerprint density at radius 1 is 1.07 bits per heavy atom. The van der Waals surface area contributed by atoms with Gasteiger partial charge >= 0.3 is 0 Å². The van der Waals surface area contributed by atoms with Crippen LogP contribution in [0.1, 0.15) is 25.3 Å². The molecule has 5 nitrogen and oxygen atoms in total. The van der Waals surface area contributed by atoms with Gasteiger partial charge in [-0.2, -0.15) is 0 Å². The van der Waals surface area contributed by atoms with E-state index < -0.39 is 0 Å². The molecule has 1 aliphatic rings. The van der Waals surface area contributed by atoms with Crippen molar-refractivity contribution in [2.24, 2.45) is 5.92 Å². The average molecular weight is 434 g/mol. The third-order valence-electron chi connectivity index (χ3n) is 5.27. The highest BCUT2D eigenvalue weighted by Crippen LogP contribution is 2.24. The lowest BCUT2D eigenvalue weighted by molar-refractivity contribution is -0.127. The number of carbonyl (C=O) groups is 2. The molecule has 1 heterocycles. The van der Waals surface area contributed by atoms with Gasteiger partial charge in [-0.05, 0) is 56.6 Å². The molecule has 7 heteroatoms. The number of benzene rings is 2. The molecule has 0 radical (unpaired) electrons. The quantitative estimate of drug-likeness (QED) is 0.711. The first-order valence-corrected chi connectivity index (χ1v) is 10.5. The molecule has 0 aromatic heterocycles. The smallest absolute Gasteiger partial charge is 0.241 e. The number of amides is 2. The number of piperidine rings is 1. The fraction of sp³-hybridized carbons (Fsp3) is 0.364. The van der Waals surface area contributed by atoms with E-state index in [0.29, 0.717) is 35.4 Å². The van der Waals surface area contributed by atoms with Crippen LogP contribution >= 0.6 is 23.2 Å². The maximum absolute atomic E-state index is 12.6. The molecule has 1 atom stereocenters. The van der Waals surface area contributed by atoms with E-state index in [2.05, 4.69) is 15.5 Å². The minimum Gasteiger partial charge on any atom is -0.352 e. The third kappa shape index (κ3) is 6.20. The normalized spacial score (nSPS) is 16.2. The maximum Gasteiger partial charge on any atom is 0.241 e. The summed E-state index contributed by atoms with van der Waals surface area (Å²) in [4.78, 5) is 27.1. The number of hydrogen-bond acceptors (Lipinski definition) is 3. The molecule has 0 aliphatic carbocycles. The summed E-state index contributed by atoms with van der Waals surface area (Å²) in [5.41, 5.74) is 1.67. The zero-order chi connectivity index (χ0) is 20.8. The number of likely N-dealkylation sites (tertiary alicyclic amines) is 1. The lowest BCUT2D eigenvalue weighted by atomic mass is 9.94. The van der Waals surface area contributed by atoms with Crippen molar-refractivity contribution in [3.05, 3.63) is 64.1 Å². The van der Waals surface area contributed by atoms with Crippen LogP contribution in [0.3, 0.4) is 0 Å². The van der Waals surface area contributed by atoms with E-state index in [0.717, 1.165) is 18.4 Å². The van der Waals surface area contributed by atoms with E-state index in [1.165, 1.54) is 0 Å². The number of halogens is 2. The zero-order valence-electron chi connectivity index (χ0n) is 16.3. The van der Waals surface area contributed by atoms with Crippen LogP contribution in [0.5, 0.6) is 0 Å². The molecule has 0 bridgehead atoms. The van der Waals surface area contributed by atoms with Crippen molar-refractivity contribution < 1.29 is 9.59 Å². The molecule has 0 spiro atoms. The van der Waals surface area contributed by atoms with Crippen LogP contribution in [-0.4, -0.2) is 35.8 Å². The minimum atomic E-state index is -0.305. The van der Waals surface area contributed by atoms with E-state index >= 15 is 0 Å². The van der Waals surface area contributed by atoms with Gasteiger partial charge in [0.1, 0.15) is 0 Å². The molecule has 3 rings (SSSR count). The van der Waals surface area contributed by atoms with Gasteiger partial charge in [-0.25, -0.2) is 0 Å². The highest BCUT2D eigenvalue weighted by Gasteiger charge is 2.29. The van der Waals surface area contributed by atoms with Gasteiger partial charge in [-0.3, -0.25) is 14.5 Å². The Morgan fingerprint density at radius 2 is 1.69 bits per heavy atom. The predicted molar refractivity (Wildman–Crippen MR) is 117 cm³/mol. The fourth-order valence-electron chi connectivity index (χ4n) is 3.52. The van der Waals surface area contributed by atoms with Crippen molar-refractivity contribution in [3.63, 3.8) is 0 Å². The van der Waals surface area contributed by atoms with Crippen LogP contribution in [0.4, 0.5) is 5.69 Å². The van der Waals surface area contributed by atoms with Crippen LogP contribution in [0, 0.1) is 5.92 Å². The Bertz CT molecular complexity index is 832. The predicted octanol–water partition coefficient (Wildman–Crippen LogP) is 4.35. The van der Waals surface area contributed by atoms with Crippen molar-refractivity contribution in [3.8, 4) is 0 Å². The van der Waals surface area contributed by atoms with Gasteiger partial charge in [-0.1, -0.05) is 53.5 Å². The van der Waals surface area contributed by atoms with Crippen molar-refractivity contribution >= 4 is 40.7 Å². The highest BCUT2D eigenvalue weighted by atomic mass is 35.5. The minimum absolute atomic E-state index is 0.0167. The Labute approximate surface area is 181 Å². The number of nitrogens with zero attached hydrogens (tertiary/aromatic N) is 1. The maximum atomic E-state index is 12.6. The number of anilines is 1. The van der Waals surface area contributed by atoms with Gasteiger partial charge < -0.3 is 10.6 Å². The van der Waals surface area contributed by atoms with E-state index in [9.17, 15) is 9.59 Å². The molecule has 2 aromatic rings. The van der Waals surface area contributed by atoms with Crippen molar-refractivity contribution in [2.45, 2.75) is 32.4 Å². The zero-order valence-corrected chi connectivity index (χ0v) is 17.8. The van der Waals surface area contributed by atoms with Crippen molar-refractivity contribution in [2.75, 3.05) is 18.4 Å². The topological polar surface area (TPSA) is 61.4 Å². The first kappa shape index (κ1) is 21.6. The average Bonchev–Trinajstić information content (AvgIpc) is 2.71. The molecule has 1 aliphatic heterocycles. The van der Waals surface area contributed by atoms with Gasteiger partial charge in [0.25, 0.3) is 0 Å². The molecule has 2 N–H and O–H groups in total. The van der Waals surface area contributed by atoms with Crippen LogP contribution in [0.2, 0.25) is 10.0 Å². The number of hydrogen-bond donors (Lipinski definition) is 2. The second-order valence-corrected chi connectivity index (χ2v) is 8.21. The van der Waals surface area contributed by atoms with Gasteiger partial charge in [-0.15, -0.1) is 0 Å². The Morgan fingerprint density at radius 3 is 2.31 bits per heavy atom. The molecule has 1 unspecified atom stereocenters. The van der Waals surface area contributed by atoms with Crippen molar-refractivity contribution in [1.82, 2.24) is 10.2 Å².